The number of fused-ring (bicyclic) bond motifs is 7. The van der Waals surface area contributed by atoms with Crippen molar-refractivity contribution < 1.29 is 4.42 Å². The van der Waals surface area contributed by atoms with Crippen LogP contribution in [0.2, 0.25) is 0 Å². The normalized spacial score (nSPS) is 16.0. The van der Waals surface area contributed by atoms with Gasteiger partial charge in [0.2, 0.25) is 0 Å². The summed E-state index contributed by atoms with van der Waals surface area (Å²) in [5.41, 5.74) is 10.1. The zero-order chi connectivity index (χ0) is 32.0. The van der Waals surface area contributed by atoms with E-state index in [9.17, 15) is 0 Å². The zero-order valence-electron chi connectivity index (χ0n) is 26.5. The molecule has 0 atom stereocenters. The molecular weight excluding hydrogens is 581 g/mol. The largest absolute Gasteiger partial charge is 0.455 e. The minimum atomic E-state index is 0.814. The minimum absolute atomic E-state index is 0.814. The van der Waals surface area contributed by atoms with Gasteiger partial charge in [0.05, 0.1) is 0 Å². The Morgan fingerprint density at radius 1 is 0.500 bits per heavy atom. The molecule has 0 N–H and O–H groups in total. The second kappa shape index (κ2) is 11.6. The summed E-state index contributed by atoms with van der Waals surface area (Å²) in [6.07, 6.45) is 9.44. The van der Waals surface area contributed by atoms with Gasteiger partial charge in [-0.2, -0.15) is 0 Å². The van der Waals surface area contributed by atoms with Gasteiger partial charge in [0.1, 0.15) is 11.2 Å². The molecule has 0 amide bonds. The molecule has 7 aromatic carbocycles. The summed E-state index contributed by atoms with van der Waals surface area (Å²) < 4.78 is 6.38. The topological polar surface area (TPSA) is 13.1 Å². The van der Waals surface area contributed by atoms with Crippen LogP contribution in [0.1, 0.15) is 17.5 Å². The highest BCUT2D eigenvalue weighted by atomic mass is 16.3. The van der Waals surface area contributed by atoms with E-state index in [0.29, 0.717) is 0 Å². The molecular formula is C47H32O. The minimum Gasteiger partial charge on any atom is -0.455 e. The molecule has 0 bridgehead atoms. The average molecular weight is 613 g/mol. The first-order valence-electron chi connectivity index (χ1n) is 16.5. The van der Waals surface area contributed by atoms with Crippen molar-refractivity contribution in [3.8, 4) is 11.1 Å². The molecule has 9 rings (SSSR count). The zero-order valence-corrected chi connectivity index (χ0v) is 26.5. The van der Waals surface area contributed by atoms with Crippen molar-refractivity contribution in [3.63, 3.8) is 0 Å². The number of para-hydroxylation sites is 1. The Kier molecular flexibility index (Phi) is 6.76. The Morgan fingerprint density at radius 3 is 2.02 bits per heavy atom. The van der Waals surface area contributed by atoms with Crippen LogP contribution in [0.4, 0.5) is 0 Å². The molecule has 0 fully saturated rings. The number of hydrogen-bond acceptors (Lipinski definition) is 1. The van der Waals surface area contributed by atoms with Crippen LogP contribution < -0.4 is 10.4 Å². The van der Waals surface area contributed by atoms with Gasteiger partial charge < -0.3 is 4.42 Å². The molecule has 0 saturated carbocycles. The molecule has 226 valence electrons. The lowest BCUT2D eigenvalue weighted by atomic mass is 9.90. The van der Waals surface area contributed by atoms with Gasteiger partial charge in [-0.05, 0) is 90.2 Å². The fraction of sp³-hybridized carbons (Fsp3) is 0.0213. The van der Waals surface area contributed by atoms with Gasteiger partial charge in [0, 0.05) is 16.2 Å². The van der Waals surface area contributed by atoms with E-state index in [1.807, 2.05) is 6.07 Å². The number of hydrogen-bond donors (Lipinski definition) is 0. The first kappa shape index (κ1) is 28.1. The molecule has 0 saturated heterocycles. The third-order valence-electron chi connectivity index (χ3n) is 9.68. The summed E-state index contributed by atoms with van der Waals surface area (Å²) in [7, 11) is 0. The number of furan rings is 1. The molecule has 0 radical (unpaired) electrons. The van der Waals surface area contributed by atoms with Crippen LogP contribution in [0.25, 0.3) is 65.8 Å². The fourth-order valence-electron chi connectivity index (χ4n) is 7.36. The van der Waals surface area contributed by atoms with E-state index in [4.69, 9.17) is 4.42 Å². The van der Waals surface area contributed by atoms with Crippen molar-refractivity contribution in [1.29, 1.82) is 0 Å². The van der Waals surface area contributed by atoms with E-state index >= 15 is 0 Å². The van der Waals surface area contributed by atoms with Gasteiger partial charge in [-0.25, -0.2) is 0 Å². The Hall–Kier alpha value is -6.18. The van der Waals surface area contributed by atoms with E-state index in [1.54, 1.807) is 0 Å². The lowest BCUT2D eigenvalue weighted by Gasteiger charge is -2.14. The van der Waals surface area contributed by atoms with Crippen LogP contribution >= 0.6 is 0 Å². The molecule has 8 aromatic rings. The second-order valence-corrected chi connectivity index (χ2v) is 12.5. The van der Waals surface area contributed by atoms with Gasteiger partial charge in [-0.1, -0.05) is 158 Å². The molecule has 0 spiro atoms. The monoisotopic (exact) mass is 612 g/mol. The molecule has 1 aliphatic rings. The van der Waals surface area contributed by atoms with Crippen molar-refractivity contribution >= 4 is 54.6 Å². The summed E-state index contributed by atoms with van der Waals surface area (Å²) in [6, 6.07) is 52.4. The second-order valence-electron chi connectivity index (χ2n) is 12.5. The van der Waals surface area contributed by atoms with Crippen molar-refractivity contribution in [2.45, 2.75) is 6.42 Å². The Balaban J connectivity index is 1.26. The summed E-state index contributed by atoms with van der Waals surface area (Å²) in [5, 5.41) is 9.50. The van der Waals surface area contributed by atoms with E-state index < -0.39 is 0 Å². The van der Waals surface area contributed by atoms with E-state index in [-0.39, 0.29) is 0 Å². The molecule has 1 aliphatic carbocycles. The van der Waals surface area contributed by atoms with Crippen LogP contribution in [0.5, 0.6) is 0 Å². The summed E-state index contributed by atoms with van der Waals surface area (Å²) >= 11 is 0. The van der Waals surface area contributed by atoms with Crippen molar-refractivity contribution in [3.05, 3.63) is 204 Å². The van der Waals surface area contributed by atoms with Crippen molar-refractivity contribution in [2.75, 3.05) is 0 Å². The van der Waals surface area contributed by atoms with Crippen LogP contribution in [-0.2, 0) is 0 Å². The quantitative estimate of drug-likeness (QED) is 0.193. The van der Waals surface area contributed by atoms with Crippen molar-refractivity contribution in [2.24, 2.45) is 0 Å². The number of rotatable bonds is 3. The molecule has 48 heavy (non-hydrogen) atoms. The highest BCUT2D eigenvalue weighted by molar-refractivity contribution is 6.19. The molecule has 1 heteroatoms. The average Bonchev–Trinajstić information content (AvgIpc) is 3.52. The maximum absolute atomic E-state index is 6.38. The Morgan fingerprint density at radius 2 is 1.17 bits per heavy atom. The smallest absolute Gasteiger partial charge is 0.143 e. The number of allylic oxidation sites excluding steroid dienone is 5. The fourth-order valence-corrected chi connectivity index (χ4v) is 7.36. The van der Waals surface area contributed by atoms with E-state index in [2.05, 4.69) is 170 Å². The third-order valence-corrected chi connectivity index (χ3v) is 9.68. The third kappa shape index (κ3) is 4.71. The molecule has 0 aliphatic heterocycles. The molecule has 1 aromatic heterocycles. The SMILES string of the molecule is C=C1/C=C\C=C/C/C(c2ccc(-c3cc4c5ccccc5oc4c4ccccc34)cc2)=c2/ccccc2=C1c1ccc2ccccc2c1. The van der Waals surface area contributed by atoms with Crippen LogP contribution in [0.15, 0.2) is 186 Å². The predicted molar refractivity (Wildman–Crippen MR) is 203 cm³/mol. The Bertz CT molecular complexity index is 2750. The van der Waals surface area contributed by atoms with Gasteiger partial charge in [0.25, 0.3) is 0 Å². The highest BCUT2D eigenvalue weighted by Gasteiger charge is 2.15. The van der Waals surface area contributed by atoms with Crippen LogP contribution in [-0.4, -0.2) is 0 Å². The van der Waals surface area contributed by atoms with Gasteiger partial charge in [-0.3, -0.25) is 0 Å². The first-order chi connectivity index (χ1) is 23.7. The predicted octanol–water partition coefficient (Wildman–Crippen LogP) is 11.0. The van der Waals surface area contributed by atoms with E-state index in [1.165, 1.54) is 54.4 Å². The maximum Gasteiger partial charge on any atom is 0.143 e. The van der Waals surface area contributed by atoms with Gasteiger partial charge in [-0.15, -0.1) is 0 Å². The van der Waals surface area contributed by atoms with E-state index in [0.717, 1.165) is 44.9 Å². The molecule has 0 unspecified atom stereocenters. The maximum atomic E-state index is 6.38. The molecule has 1 nitrogen and oxygen atoms in total. The standard InChI is InChI=1S/C47H32O/c1-31-13-3-2-4-16-37(38-17-7-9-20-41(38)46(31)36-28-23-32-14-5-6-15-35(32)29-36)33-24-26-34(27-25-33)43-30-44-40-19-11-12-22-45(40)48-47(44)42-21-10-8-18-39(42)43/h2-15,17-30H,1,16H2/b4-2-,13-3-,38-37+,46-41?. The highest BCUT2D eigenvalue weighted by Crippen LogP contribution is 2.40. The Labute approximate surface area is 279 Å². The lowest BCUT2D eigenvalue weighted by molar-refractivity contribution is 0.672. The van der Waals surface area contributed by atoms with Gasteiger partial charge in [0.15, 0.2) is 0 Å². The van der Waals surface area contributed by atoms with Crippen molar-refractivity contribution in [1.82, 2.24) is 0 Å². The number of benzene rings is 7. The van der Waals surface area contributed by atoms with Crippen LogP contribution in [0, 0.1) is 0 Å². The summed E-state index contributed by atoms with van der Waals surface area (Å²) in [4.78, 5) is 0. The lowest BCUT2D eigenvalue weighted by Crippen LogP contribution is -2.30. The van der Waals surface area contributed by atoms with Gasteiger partial charge >= 0.3 is 0 Å². The first-order valence-corrected chi connectivity index (χ1v) is 16.5. The summed E-state index contributed by atoms with van der Waals surface area (Å²) in [6.45, 7) is 4.56. The molecule has 1 heterocycles. The summed E-state index contributed by atoms with van der Waals surface area (Å²) in [5.74, 6) is 0. The van der Waals surface area contributed by atoms with Crippen LogP contribution in [0.3, 0.4) is 0 Å².